The van der Waals surface area contributed by atoms with E-state index in [0.717, 1.165) is 23.9 Å². The SMILES string of the molecule is CCC1CCC(N[C@H](C)C2CCCC2)C1. The molecule has 0 amide bonds. The maximum atomic E-state index is 3.89. The lowest BCUT2D eigenvalue weighted by Crippen LogP contribution is -2.39. The van der Waals surface area contributed by atoms with E-state index in [1.807, 2.05) is 0 Å². The molecule has 3 atom stereocenters. The fourth-order valence-electron chi connectivity index (χ4n) is 3.56. The lowest BCUT2D eigenvalue weighted by molar-refractivity contribution is 0.336. The molecule has 0 radical (unpaired) electrons. The average Bonchev–Trinajstić information content (AvgIpc) is 2.87. The quantitative estimate of drug-likeness (QED) is 0.744. The Kier molecular flexibility index (Phi) is 4.07. The van der Waals surface area contributed by atoms with Gasteiger partial charge in [-0.15, -0.1) is 0 Å². The Morgan fingerprint density at radius 3 is 2.47 bits per heavy atom. The standard InChI is InChI=1S/C14H27N/c1-3-12-8-9-14(10-12)15-11(2)13-6-4-5-7-13/h11-15H,3-10H2,1-2H3/t11-,12?,14?/m1/s1. The minimum atomic E-state index is 0.771. The Bertz CT molecular complexity index is 184. The van der Waals surface area contributed by atoms with Crippen molar-refractivity contribution in [2.24, 2.45) is 11.8 Å². The van der Waals surface area contributed by atoms with Gasteiger partial charge in [-0.2, -0.15) is 0 Å². The van der Waals surface area contributed by atoms with Crippen LogP contribution in [0.15, 0.2) is 0 Å². The molecule has 2 rings (SSSR count). The number of nitrogens with one attached hydrogen (secondary N) is 1. The van der Waals surface area contributed by atoms with Crippen molar-refractivity contribution >= 4 is 0 Å². The van der Waals surface area contributed by atoms with E-state index in [4.69, 9.17) is 0 Å². The van der Waals surface area contributed by atoms with Crippen molar-refractivity contribution in [1.82, 2.24) is 5.32 Å². The summed E-state index contributed by atoms with van der Waals surface area (Å²) in [5.41, 5.74) is 0. The number of hydrogen-bond acceptors (Lipinski definition) is 1. The van der Waals surface area contributed by atoms with Gasteiger partial charge in [0.05, 0.1) is 0 Å². The van der Waals surface area contributed by atoms with Crippen LogP contribution in [0.25, 0.3) is 0 Å². The van der Waals surface area contributed by atoms with E-state index in [-0.39, 0.29) is 0 Å². The molecule has 2 aliphatic carbocycles. The summed E-state index contributed by atoms with van der Waals surface area (Å²) < 4.78 is 0. The van der Waals surface area contributed by atoms with Crippen molar-refractivity contribution in [3.8, 4) is 0 Å². The number of rotatable bonds is 4. The van der Waals surface area contributed by atoms with Crippen molar-refractivity contribution in [2.75, 3.05) is 0 Å². The van der Waals surface area contributed by atoms with Gasteiger partial charge in [0.2, 0.25) is 0 Å². The first-order valence-electron chi connectivity index (χ1n) is 7.05. The zero-order valence-corrected chi connectivity index (χ0v) is 10.5. The van der Waals surface area contributed by atoms with Gasteiger partial charge >= 0.3 is 0 Å². The van der Waals surface area contributed by atoms with Gasteiger partial charge in [-0.25, -0.2) is 0 Å². The van der Waals surface area contributed by atoms with Crippen molar-refractivity contribution in [3.05, 3.63) is 0 Å². The Hall–Kier alpha value is -0.0400. The highest BCUT2D eigenvalue weighted by atomic mass is 15.0. The molecule has 1 nitrogen and oxygen atoms in total. The summed E-state index contributed by atoms with van der Waals surface area (Å²) in [4.78, 5) is 0. The summed E-state index contributed by atoms with van der Waals surface area (Å²) in [5, 5.41) is 3.89. The van der Waals surface area contributed by atoms with Crippen LogP contribution in [0.3, 0.4) is 0 Å². The molecule has 1 heteroatoms. The lowest BCUT2D eigenvalue weighted by atomic mass is 9.98. The smallest absolute Gasteiger partial charge is 0.00723 e. The van der Waals surface area contributed by atoms with Crippen LogP contribution in [0.1, 0.15) is 65.2 Å². The van der Waals surface area contributed by atoms with Crippen LogP contribution in [0.5, 0.6) is 0 Å². The van der Waals surface area contributed by atoms with Gasteiger partial charge in [0.15, 0.2) is 0 Å². The molecule has 0 bridgehead atoms. The predicted molar refractivity (Wildman–Crippen MR) is 66.0 cm³/mol. The Morgan fingerprint density at radius 2 is 1.87 bits per heavy atom. The van der Waals surface area contributed by atoms with Crippen LogP contribution < -0.4 is 5.32 Å². The molecule has 88 valence electrons. The largest absolute Gasteiger partial charge is 0.311 e. The minimum absolute atomic E-state index is 0.771. The van der Waals surface area contributed by atoms with Gasteiger partial charge < -0.3 is 5.32 Å². The third-order valence-corrected chi connectivity index (χ3v) is 4.72. The van der Waals surface area contributed by atoms with Crippen LogP contribution in [0.4, 0.5) is 0 Å². The Labute approximate surface area is 95.0 Å². The zero-order valence-electron chi connectivity index (χ0n) is 10.5. The van der Waals surface area contributed by atoms with E-state index in [1.54, 1.807) is 0 Å². The molecule has 0 heterocycles. The molecule has 0 saturated heterocycles. The summed E-state index contributed by atoms with van der Waals surface area (Å²) in [6, 6.07) is 1.61. The molecule has 0 aliphatic heterocycles. The summed E-state index contributed by atoms with van der Waals surface area (Å²) >= 11 is 0. The van der Waals surface area contributed by atoms with Crippen LogP contribution in [0.2, 0.25) is 0 Å². The van der Waals surface area contributed by atoms with E-state index in [2.05, 4.69) is 19.2 Å². The van der Waals surface area contributed by atoms with Gasteiger partial charge in [0, 0.05) is 12.1 Å². The molecule has 0 spiro atoms. The van der Waals surface area contributed by atoms with Crippen LogP contribution in [-0.2, 0) is 0 Å². The van der Waals surface area contributed by atoms with E-state index < -0.39 is 0 Å². The summed E-state index contributed by atoms with van der Waals surface area (Å²) in [5.74, 6) is 1.99. The molecule has 2 unspecified atom stereocenters. The average molecular weight is 209 g/mol. The maximum Gasteiger partial charge on any atom is 0.00723 e. The van der Waals surface area contributed by atoms with Gasteiger partial charge in [-0.05, 0) is 50.9 Å². The number of hydrogen-bond donors (Lipinski definition) is 1. The molecule has 15 heavy (non-hydrogen) atoms. The summed E-state index contributed by atoms with van der Waals surface area (Å²) in [6.45, 7) is 4.75. The fraction of sp³-hybridized carbons (Fsp3) is 1.00. The molecule has 1 N–H and O–H groups in total. The van der Waals surface area contributed by atoms with Gasteiger partial charge in [-0.3, -0.25) is 0 Å². The summed E-state index contributed by atoms with van der Waals surface area (Å²) in [7, 11) is 0. The third-order valence-electron chi connectivity index (χ3n) is 4.72. The molecule has 2 saturated carbocycles. The first-order chi connectivity index (χ1) is 7.29. The normalized spacial score (nSPS) is 34.8. The Morgan fingerprint density at radius 1 is 1.13 bits per heavy atom. The maximum absolute atomic E-state index is 3.89. The monoisotopic (exact) mass is 209 g/mol. The third kappa shape index (κ3) is 2.96. The second kappa shape index (κ2) is 5.34. The molecule has 0 aromatic heterocycles. The van der Waals surface area contributed by atoms with E-state index >= 15 is 0 Å². The van der Waals surface area contributed by atoms with Crippen molar-refractivity contribution in [2.45, 2.75) is 77.3 Å². The second-order valence-corrected chi connectivity index (χ2v) is 5.78. The van der Waals surface area contributed by atoms with Gasteiger partial charge in [0.1, 0.15) is 0 Å². The van der Waals surface area contributed by atoms with Crippen LogP contribution in [-0.4, -0.2) is 12.1 Å². The first-order valence-corrected chi connectivity index (χ1v) is 7.05. The highest BCUT2D eigenvalue weighted by Gasteiger charge is 2.27. The van der Waals surface area contributed by atoms with E-state index in [0.29, 0.717) is 0 Å². The first kappa shape index (κ1) is 11.4. The van der Waals surface area contributed by atoms with Crippen LogP contribution >= 0.6 is 0 Å². The fourth-order valence-corrected chi connectivity index (χ4v) is 3.56. The van der Waals surface area contributed by atoms with Crippen molar-refractivity contribution in [3.63, 3.8) is 0 Å². The molecule has 0 aromatic rings. The zero-order chi connectivity index (χ0) is 10.7. The topological polar surface area (TPSA) is 12.0 Å². The van der Waals surface area contributed by atoms with Crippen molar-refractivity contribution < 1.29 is 0 Å². The second-order valence-electron chi connectivity index (χ2n) is 5.78. The molecule has 2 fully saturated rings. The highest BCUT2D eigenvalue weighted by Crippen LogP contribution is 2.31. The van der Waals surface area contributed by atoms with E-state index in [1.165, 1.54) is 51.4 Å². The van der Waals surface area contributed by atoms with E-state index in [9.17, 15) is 0 Å². The summed E-state index contributed by atoms with van der Waals surface area (Å²) in [6.07, 6.45) is 11.6. The van der Waals surface area contributed by atoms with Crippen LogP contribution in [0, 0.1) is 11.8 Å². The molecular weight excluding hydrogens is 182 g/mol. The minimum Gasteiger partial charge on any atom is -0.311 e. The van der Waals surface area contributed by atoms with Gasteiger partial charge in [-0.1, -0.05) is 26.2 Å². The molecule has 2 aliphatic rings. The molecular formula is C14H27N. The molecule has 0 aromatic carbocycles. The van der Waals surface area contributed by atoms with Crippen molar-refractivity contribution in [1.29, 1.82) is 0 Å². The Balaban J connectivity index is 1.72. The van der Waals surface area contributed by atoms with Gasteiger partial charge in [0.25, 0.3) is 0 Å². The predicted octanol–water partition coefficient (Wildman–Crippen LogP) is 3.73. The lowest BCUT2D eigenvalue weighted by Gasteiger charge is -2.24. The highest BCUT2D eigenvalue weighted by molar-refractivity contribution is 4.85.